The summed E-state index contributed by atoms with van der Waals surface area (Å²) in [7, 11) is 4.27. The van der Waals surface area contributed by atoms with E-state index >= 15 is 0 Å². The Hall–Kier alpha value is -1.02. The second-order valence-corrected chi connectivity index (χ2v) is 8.04. The highest BCUT2D eigenvalue weighted by Gasteiger charge is 2.48. The van der Waals surface area contributed by atoms with Crippen LogP contribution in [0.4, 0.5) is 5.69 Å². The van der Waals surface area contributed by atoms with Gasteiger partial charge in [0.2, 0.25) is 0 Å². The van der Waals surface area contributed by atoms with E-state index < -0.39 is 0 Å². The summed E-state index contributed by atoms with van der Waals surface area (Å²) in [5.74, 6) is 4.01. The zero-order chi connectivity index (χ0) is 14.4. The lowest BCUT2D eigenvalue weighted by atomic mass is 9.54. The van der Waals surface area contributed by atoms with E-state index in [1.807, 2.05) is 0 Å². The Bertz CT molecular complexity index is 480. The van der Waals surface area contributed by atoms with E-state index in [4.69, 9.17) is 0 Å². The van der Waals surface area contributed by atoms with Gasteiger partial charge in [0.05, 0.1) is 0 Å². The molecule has 1 aromatic rings. The fourth-order valence-corrected chi connectivity index (χ4v) is 5.48. The number of anilines is 1. The highest BCUT2D eigenvalue weighted by molar-refractivity contribution is 5.47. The minimum Gasteiger partial charge on any atom is -0.382 e. The van der Waals surface area contributed by atoms with Crippen LogP contribution in [-0.4, -0.2) is 25.0 Å². The molecular formula is C19H28N2. The SMILES string of the molecule is CN(C)Cc1cccc(NC2C3CC4CC(C3)CC2C4)c1. The summed E-state index contributed by atoms with van der Waals surface area (Å²) in [6.07, 6.45) is 7.49. The molecule has 0 saturated heterocycles. The van der Waals surface area contributed by atoms with Crippen LogP contribution < -0.4 is 5.32 Å². The molecule has 0 radical (unpaired) electrons. The predicted octanol–water partition coefficient (Wildman–Crippen LogP) is 3.98. The third kappa shape index (κ3) is 2.70. The Morgan fingerprint density at radius 2 is 1.67 bits per heavy atom. The minimum absolute atomic E-state index is 0.743. The summed E-state index contributed by atoms with van der Waals surface area (Å²) in [5, 5.41) is 3.92. The van der Waals surface area contributed by atoms with Crippen LogP contribution in [0.1, 0.15) is 37.7 Å². The van der Waals surface area contributed by atoms with Crippen molar-refractivity contribution in [1.29, 1.82) is 0 Å². The predicted molar refractivity (Wildman–Crippen MR) is 88.3 cm³/mol. The van der Waals surface area contributed by atoms with Gasteiger partial charge in [0, 0.05) is 18.3 Å². The maximum Gasteiger partial charge on any atom is 0.0345 e. The van der Waals surface area contributed by atoms with Crippen molar-refractivity contribution in [2.45, 2.75) is 44.7 Å². The van der Waals surface area contributed by atoms with Crippen molar-refractivity contribution in [3.63, 3.8) is 0 Å². The fraction of sp³-hybridized carbons (Fsp3) is 0.684. The average Bonchev–Trinajstić information content (AvgIpc) is 2.42. The number of hydrogen-bond donors (Lipinski definition) is 1. The number of benzene rings is 1. The molecule has 2 nitrogen and oxygen atoms in total. The molecule has 0 unspecified atom stereocenters. The number of nitrogens with zero attached hydrogens (tertiary/aromatic N) is 1. The third-order valence-electron chi connectivity index (χ3n) is 5.99. The van der Waals surface area contributed by atoms with Gasteiger partial charge < -0.3 is 10.2 Å². The van der Waals surface area contributed by atoms with Gasteiger partial charge in [0.15, 0.2) is 0 Å². The molecule has 4 bridgehead atoms. The van der Waals surface area contributed by atoms with Gasteiger partial charge in [-0.2, -0.15) is 0 Å². The molecule has 0 aliphatic heterocycles. The van der Waals surface area contributed by atoms with Gasteiger partial charge in [-0.05, 0) is 87.6 Å². The molecule has 4 aliphatic rings. The third-order valence-corrected chi connectivity index (χ3v) is 5.99. The zero-order valence-corrected chi connectivity index (χ0v) is 13.4. The lowest BCUT2D eigenvalue weighted by Gasteiger charge is -2.54. The van der Waals surface area contributed by atoms with E-state index in [-0.39, 0.29) is 0 Å². The Kier molecular flexibility index (Phi) is 3.45. The molecule has 0 amide bonds. The average molecular weight is 284 g/mol. The molecule has 21 heavy (non-hydrogen) atoms. The molecule has 4 aliphatic carbocycles. The van der Waals surface area contributed by atoms with Gasteiger partial charge in [0.1, 0.15) is 0 Å². The van der Waals surface area contributed by atoms with Gasteiger partial charge >= 0.3 is 0 Å². The number of rotatable bonds is 4. The smallest absolute Gasteiger partial charge is 0.0345 e. The number of hydrogen-bond acceptors (Lipinski definition) is 2. The maximum absolute atomic E-state index is 3.92. The summed E-state index contributed by atoms with van der Waals surface area (Å²) in [6.45, 7) is 1.02. The second kappa shape index (κ2) is 5.31. The zero-order valence-electron chi connectivity index (χ0n) is 13.4. The molecular weight excluding hydrogens is 256 g/mol. The van der Waals surface area contributed by atoms with Crippen molar-refractivity contribution >= 4 is 5.69 Å². The molecule has 4 saturated carbocycles. The monoisotopic (exact) mass is 284 g/mol. The van der Waals surface area contributed by atoms with Gasteiger partial charge in [-0.1, -0.05) is 12.1 Å². The van der Waals surface area contributed by atoms with E-state index in [9.17, 15) is 0 Å². The Balaban J connectivity index is 1.48. The highest BCUT2D eigenvalue weighted by atomic mass is 15.0. The molecule has 0 spiro atoms. The van der Waals surface area contributed by atoms with Crippen molar-refractivity contribution < 1.29 is 0 Å². The Labute approximate surface area is 128 Å². The van der Waals surface area contributed by atoms with Crippen molar-refractivity contribution in [3.05, 3.63) is 29.8 Å². The Morgan fingerprint density at radius 3 is 2.29 bits per heavy atom. The Morgan fingerprint density at radius 1 is 1.00 bits per heavy atom. The molecule has 0 heterocycles. The van der Waals surface area contributed by atoms with Crippen molar-refractivity contribution in [2.75, 3.05) is 19.4 Å². The van der Waals surface area contributed by atoms with E-state index in [0.717, 1.165) is 36.3 Å². The van der Waals surface area contributed by atoms with E-state index in [2.05, 4.69) is 48.6 Å². The van der Waals surface area contributed by atoms with Gasteiger partial charge in [-0.15, -0.1) is 0 Å². The molecule has 2 heteroatoms. The van der Waals surface area contributed by atoms with Crippen LogP contribution in [0.15, 0.2) is 24.3 Å². The van der Waals surface area contributed by atoms with Crippen LogP contribution in [0, 0.1) is 23.7 Å². The first kappa shape index (κ1) is 13.6. The normalized spacial score (nSPS) is 37.2. The molecule has 114 valence electrons. The molecule has 4 fully saturated rings. The van der Waals surface area contributed by atoms with E-state index in [0.29, 0.717) is 0 Å². The van der Waals surface area contributed by atoms with Crippen molar-refractivity contribution in [2.24, 2.45) is 23.7 Å². The largest absolute Gasteiger partial charge is 0.382 e. The first-order valence-electron chi connectivity index (χ1n) is 8.67. The van der Waals surface area contributed by atoms with Crippen LogP contribution in [0.25, 0.3) is 0 Å². The first-order chi connectivity index (χ1) is 10.2. The van der Waals surface area contributed by atoms with Crippen LogP contribution in [0.3, 0.4) is 0 Å². The van der Waals surface area contributed by atoms with E-state index in [1.165, 1.54) is 43.4 Å². The van der Waals surface area contributed by atoms with Crippen LogP contribution >= 0.6 is 0 Å². The molecule has 5 rings (SSSR count). The summed E-state index contributed by atoms with van der Waals surface area (Å²) < 4.78 is 0. The van der Waals surface area contributed by atoms with Crippen LogP contribution in [0.2, 0.25) is 0 Å². The summed E-state index contributed by atoms with van der Waals surface area (Å²) in [4.78, 5) is 2.24. The summed E-state index contributed by atoms with van der Waals surface area (Å²) in [5.41, 5.74) is 2.75. The quantitative estimate of drug-likeness (QED) is 0.899. The van der Waals surface area contributed by atoms with Gasteiger partial charge in [-0.3, -0.25) is 0 Å². The van der Waals surface area contributed by atoms with Crippen molar-refractivity contribution in [1.82, 2.24) is 4.90 Å². The lowest BCUT2D eigenvalue weighted by molar-refractivity contribution is 0.00754. The van der Waals surface area contributed by atoms with E-state index in [1.54, 1.807) is 0 Å². The van der Waals surface area contributed by atoms with Crippen molar-refractivity contribution in [3.8, 4) is 0 Å². The van der Waals surface area contributed by atoms with Gasteiger partial charge in [-0.25, -0.2) is 0 Å². The lowest BCUT2D eigenvalue weighted by Crippen LogP contribution is -2.51. The topological polar surface area (TPSA) is 15.3 Å². The highest BCUT2D eigenvalue weighted by Crippen LogP contribution is 2.54. The summed E-state index contributed by atoms with van der Waals surface area (Å²) in [6, 6.07) is 9.79. The standard InChI is InChI=1S/C19H28N2/c1-21(2)12-13-4-3-5-18(11-13)20-19-16-7-14-6-15(9-16)10-17(19)8-14/h3-5,11,14-17,19-20H,6-10,12H2,1-2H3. The molecule has 0 atom stereocenters. The minimum atomic E-state index is 0.743. The first-order valence-corrected chi connectivity index (χ1v) is 8.67. The van der Waals surface area contributed by atoms with Gasteiger partial charge in [0.25, 0.3) is 0 Å². The van der Waals surface area contributed by atoms with Crippen LogP contribution in [-0.2, 0) is 6.54 Å². The van der Waals surface area contributed by atoms with Crippen LogP contribution in [0.5, 0.6) is 0 Å². The second-order valence-electron chi connectivity index (χ2n) is 8.04. The summed E-state index contributed by atoms with van der Waals surface area (Å²) >= 11 is 0. The number of nitrogens with one attached hydrogen (secondary N) is 1. The maximum atomic E-state index is 3.92. The molecule has 0 aromatic heterocycles. The fourth-order valence-electron chi connectivity index (χ4n) is 5.48. The molecule has 1 aromatic carbocycles. The molecule has 1 N–H and O–H groups in total.